The molecule has 1 aromatic rings. The number of thiocarbonyl (C=S) groups is 1. The summed E-state index contributed by atoms with van der Waals surface area (Å²) in [7, 11) is 1.49. The van der Waals surface area contributed by atoms with Gasteiger partial charge in [-0.05, 0) is 30.4 Å². The van der Waals surface area contributed by atoms with E-state index in [0.717, 1.165) is 4.47 Å². The second kappa shape index (κ2) is 5.66. The first-order valence-electron chi connectivity index (χ1n) is 4.24. The number of carbonyl (C=O) groups excluding carboxylic acids is 1. The van der Waals surface area contributed by atoms with Crippen LogP contribution in [-0.2, 0) is 0 Å². The third-order valence-electron chi connectivity index (χ3n) is 1.71. The number of halogens is 1. The van der Waals surface area contributed by atoms with Gasteiger partial charge in [-0.1, -0.05) is 15.9 Å². The summed E-state index contributed by atoms with van der Waals surface area (Å²) in [6, 6.07) is 5.05. The van der Waals surface area contributed by atoms with Crippen LogP contribution in [-0.4, -0.2) is 18.1 Å². The Hall–Kier alpha value is -1.34. The number of methoxy groups -OCH3 is 1. The number of amides is 1. The molecule has 0 saturated heterocycles. The van der Waals surface area contributed by atoms with E-state index in [4.69, 9.17) is 10.5 Å². The molecule has 0 fully saturated rings. The molecule has 1 rings (SSSR count). The van der Waals surface area contributed by atoms with E-state index in [-0.39, 0.29) is 11.0 Å². The van der Waals surface area contributed by atoms with E-state index in [9.17, 15) is 4.79 Å². The maximum absolute atomic E-state index is 11.7. The molecule has 0 saturated carbocycles. The van der Waals surface area contributed by atoms with E-state index >= 15 is 0 Å². The molecule has 0 heterocycles. The molecular weight excluding hydrogens is 294 g/mol. The lowest BCUT2D eigenvalue weighted by Crippen LogP contribution is -2.44. The van der Waals surface area contributed by atoms with Crippen LogP contribution in [0.25, 0.3) is 0 Å². The summed E-state index contributed by atoms with van der Waals surface area (Å²) < 4.78 is 5.89. The highest BCUT2D eigenvalue weighted by molar-refractivity contribution is 9.10. The van der Waals surface area contributed by atoms with Crippen LogP contribution in [0.15, 0.2) is 22.7 Å². The number of rotatable bonds is 2. The van der Waals surface area contributed by atoms with Crippen LogP contribution in [0, 0.1) is 0 Å². The van der Waals surface area contributed by atoms with Gasteiger partial charge in [0.15, 0.2) is 5.11 Å². The molecule has 7 heteroatoms. The third-order valence-corrected chi connectivity index (χ3v) is 2.30. The molecule has 0 bridgehead atoms. The molecule has 0 unspecified atom stereocenters. The Morgan fingerprint density at radius 3 is 2.75 bits per heavy atom. The topological polar surface area (TPSA) is 76.4 Å². The maximum atomic E-state index is 11.7. The zero-order chi connectivity index (χ0) is 12.1. The van der Waals surface area contributed by atoms with Gasteiger partial charge in [0, 0.05) is 4.47 Å². The molecule has 0 aliphatic rings. The zero-order valence-corrected chi connectivity index (χ0v) is 10.8. The molecule has 0 radical (unpaired) electrons. The summed E-state index contributed by atoms with van der Waals surface area (Å²) in [4.78, 5) is 11.7. The van der Waals surface area contributed by atoms with Gasteiger partial charge in [-0.25, -0.2) is 0 Å². The van der Waals surface area contributed by atoms with Crippen molar-refractivity contribution in [3.63, 3.8) is 0 Å². The molecule has 0 spiro atoms. The summed E-state index contributed by atoms with van der Waals surface area (Å²) in [5, 5.41) is -0.00979. The standard InChI is InChI=1S/C9H10BrN3O2S/c1-15-7-4-5(10)2-3-6(7)8(14)12-13-9(11)16/h2-4H,1H3,(H,12,14)(H3,11,13,16). The SMILES string of the molecule is COc1cc(Br)ccc1C(=O)NNC(N)=S. The predicted molar refractivity (Wildman–Crippen MR) is 68.1 cm³/mol. The highest BCUT2D eigenvalue weighted by atomic mass is 79.9. The number of hydrogen-bond donors (Lipinski definition) is 3. The minimum Gasteiger partial charge on any atom is -0.496 e. The molecule has 1 amide bonds. The Balaban J connectivity index is 2.86. The summed E-state index contributed by atoms with van der Waals surface area (Å²) in [5.41, 5.74) is 10.3. The fourth-order valence-corrected chi connectivity index (χ4v) is 1.43. The van der Waals surface area contributed by atoms with Gasteiger partial charge in [-0.2, -0.15) is 0 Å². The summed E-state index contributed by atoms with van der Waals surface area (Å²) >= 11 is 7.84. The van der Waals surface area contributed by atoms with Gasteiger partial charge in [0.05, 0.1) is 12.7 Å². The van der Waals surface area contributed by atoms with E-state index in [1.807, 2.05) is 0 Å². The van der Waals surface area contributed by atoms with Crippen molar-refractivity contribution in [2.24, 2.45) is 5.73 Å². The lowest BCUT2D eigenvalue weighted by molar-refractivity contribution is 0.0941. The Labute approximate surface area is 106 Å². The monoisotopic (exact) mass is 303 g/mol. The van der Waals surface area contributed by atoms with Gasteiger partial charge in [-0.3, -0.25) is 15.6 Å². The van der Waals surface area contributed by atoms with Crippen LogP contribution < -0.4 is 21.3 Å². The Morgan fingerprint density at radius 2 is 2.19 bits per heavy atom. The second-order valence-electron chi connectivity index (χ2n) is 2.79. The van der Waals surface area contributed by atoms with Crippen LogP contribution in [0.3, 0.4) is 0 Å². The van der Waals surface area contributed by atoms with Gasteiger partial charge in [0.1, 0.15) is 5.75 Å². The predicted octanol–water partition coefficient (Wildman–Crippen LogP) is 0.936. The minimum absolute atomic E-state index is 0.00979. The molecule has 0 aromatic heterocycles. The van der Waals surface area contributed by atoms with Crippen molar-refractivity contribution in [3.8, 4) is 5.75 Å². The molecular formula is C9H10BrN3O2S. The first-order chi connectivity index (χ1) is 7.54. The maximum Gasteiger partial charge on any atom is 0.273 e. The quantitative estimate of drug-likeness (QED) is 0.560. The van der Waals surface area contributed by atoms with Crippen LogP contribution in [0.2, 0.25) is 0 Å². The number of ether oxygens (including phenoxy) is 1. The highest BCUT2D eigenvalue weighted by Gasteiger charge is 2.11. The van der Waals surface area contributed by atoms with Gasteiger partial charge in [-0.15, -0.1) is 0 Å². The van der Waals surface area contributed by atoms with Crippen LogP contribution in [0.1, 0.15) is 10.4 Å². The number of carbonyl (C=O) groups is 1. The largest absolute Gasteiger partial charge is 0.496 e. The third kappa shape index (κ3) is 3.35. The fourth-order valence-electron chi connectivity index (χ4n) is 1.04. The second-order valence-corrected chi connectivity index (χ2v) is 4.14. The molecule has 86 valence electrons. The number of hydrogen-bond acceptors (Lipinski definition) is 3. The molecule has 5 nitrogen and oxygen atoms in total. The minimum atomic E-state index is -0.378. The van der Waals surface area contributed by atoms with Gasteiger partial charge in [0.2, 0.25) is 0 Å². The average Bonchev–Trinajstić information content (AvgIpc) is 2.25. The summed E-state index contributed by atoms with van der Waals surface area (Å²) in [5.74, 6) is 0.0776. The van der Waals surface area contributed by atoms with Crippen LogP contribution in [0.4, 0.5) is 0 Å². The van der Waals surface area contributed by atoms with Crippen molar-refractivity contribution in [2.75, 3.05) is 7.11 Å². The van der Waals surface area contributed by atoms with Gasteiger partial charge in [0.25, 0.3) is 5.91 Å². The smallest absolute Gasteiger partial charge is 0.273 e. The molecule has 4 N–H and O–H groups in total. The van der Waals surface area contributed by atoms with Crippen molar-refractivity contribution < 1.29 is 9.53 Å². The number of benzene rings is 1. The van der Waals surface area contributed by atoms with E-state index < -0.39 is 0 Å². The van der Waals surface area contributed by atoms with Crippen LogP contribution in [0.5, 0.6) is 5.75 Å². The highest BCUT2D eigenvalue weighted by Crippen LogP contribution is 2.23. The lowest BCUT2D eigenvalue weighted by atomic mass is 10.2. The van der Waals surface area contributed by atoms with E-state index in [2.05, 4.69) is 39.0 Å². The summed E-state index contributed by atoms with van der Waals surface area (Å²) in [6.07, 6.45) is 0. The molecule has 0 aliphatic heterocycles. The Bertz CT molecular complexity index is 425. The van der Waals surface area contributed by atoms with Gasteiger partial charge < -0.3 is 10.5 Å². The normalized spacial score (nSPS) is 9.38. The first kappa shape index (κ1) is 12.7. The van der Waals surface area contributed by atoms with Crippen molar-refractivity contribution in [1.29, 1.82) is 0 Å². The molecule has 1 aromatic carbocycles. The number of nitrogens with one attached hydrogen (secondary N) is 2. The number of hydrazine groups is 1. The molecule has 16 heavy (non-hydrogen) atoms. The number of nitrogens with two attached hydrogens (primary N) is 1. The van der Waals surface area contributed by atoms with E-state index in [1.54, 1.807) is 18.2 Å². The van der Waals surface area contributed by atoms with Crippen molar-refractivity contribution in [3.05, 3.63) is 28.2 Å². The Morgan fingerprint density at radius 1 is 1.50 bits per heavy atom. The van der Waals surface area contributed by atoms with Gasteiger partial charge >= 0.3 is 0 Å². The van der Waals surface area contributed by atoms with Crippen molar-refractivity contribution in [1.82, 2.24) is 10.9 Å². The Kier molecular flexibility index (Phi) is 4.51. The summed E-state index contributed by atoms with van der Waals surface area (Å²) in [6.45, 7) is 0. The van der Waals surface area contributed by atoms with Crippen molar-refractivity contribution in [2.45, 2.75) is 0 Å². The van der Waals surface area contributed by atoms with E-state index in [1.165, 1.54) is 7.11 Å². The molecule has 0 atom stereocenters. The average molecular weight is 304 g/mol. The van der Waals surface area contributed by atoms with E-state index in [0.29, 0.717) is 11.3 Å². The fraction of sp³-hybridized carbons (Fsp3) is 0.111. The molecule has 0 aliphatic carbocycles. The zero-order valence-electron chi connectivity index (χ0n) is 8.41. The first-order valence-corrected chi connectivity index (χ1v) is 5.44. The van der Waals surface area contributed by atoms with Crippen LogP contribution >= 0.6 is 28.1 Å². The van der Waals surface area contributed by atoms with Crippen molar-refractivity contribution >= 4 is 39.2 Å². The lowest BCUT2D eigenvalue weighted by Gasteiger charge is -2.10.